The van der Waals surface area contributed by atoms with E-state index in [4.69, 9.17) is 10.9 Å². The van der Waals surface area contributed by atoms with Crippen LogP contribution in [0, 0.1) is 5.41 Å². The maximum atomic E-state index is 12.2. The third-order valence-corrected chi connectivity index (χ3v) is 3.50. The number of nitrogens with zero attached hydrogens (tertiary/aromatic N) is 3. The van der Waals surface area contributed by atoms with Gasteiger partial charge in [-0.3, -0.25) is 9.59 Å². The first-order valence-electron chi connectivity index (χ1n) is 5.52. The molecule has 1 aliphatic heterocycles. The van der Waals surface area contributed by atoms with Crippen molar-refractivity contribution >= 4 is 17.6 Å². The lowest BCUT2D eigenvalue weighted by molar-refractivity contribution is -0.146. The molecule has 2 aliphatic rings. The average Bonchev–Trinajstić information content (AvgIpc) is 3.12. The normalized spacial score (nSPS) is 23.8. The van der Waals surface area contributed by atoms with Gasteiger partial charge in [0.25, 0.3) is 0 Å². The number of carbonyl (C=O) groups is 2. The van der Waals surface area contributed by atoms with E-state index in [1.54, 1.807) is 11.9 Å². The van der Waals surface area contributed by atoms with Gasteiger partial charge in [0.1, 0.15) is 5.41 Å². The summed E-state index contributed by atoms with van der Waals surface area (Å²) in [5, 5.41) is 11.6. The Morgan fingerprint density at radius 1 is 1.47 bits per heavy atom. The van der Waals surface area contributed by atoms with Crippen LogP contribution in [0.2, 0.25) is 0 Å². The quantitative estimate of drug-likeness (QED) is 0.274. The van der Waals surface area contributed by atoms with Gasteiger partial charge in [0.15, 0.2) is 5.84 Å². The van der Waals surface area contributed by atoms with Crippen molar-refractivity contribution in [3.8, 4) is 0 Å². The Labute approximate surface area is 98.8 Å². The number of carbonyl (C=O) groups excluding carboxylic acids is 2. The molecule has 7 heteroatoms. The van der Waals surface area contributed by atoms with Crippen LogP contribution in [-0.2, 0) is 9.59 Å². The number of amidine groups is 1. The summed E-state index contributed by atoms with van der Waals surface area (Å²) in [5.74, 6) is -0.331. The fourth-order valence-corrected chi connectivity index (χ4v) is 2.03. The van der Waals surface area contributed by atoms with Crippen molar-refractivity contribution in [3.63, 3.8) is 0 Å². The third-order valence-electron chi connectivity index (χ3n) is 3.50. The summed E-state index contributed by atoms with van der Waals surface area (Å²) >= 11 is 0. The van der Waals surface area contributed by atoms with Crippen molar-refractivity contribution < 1.29 is 14.8 Å². The van der Waals surface area contributed by atoms with Gasteiger partial charge in [0.05, 0.1) is 6.54 Å². The van der Waals surface area contributed by atoms with Crippen molar-refractivity contribution in [1.29, 1.82) is 0 Å². The molecule has 0 aromatic rings. The molecule has 1 saturated carbocycles. The standard InChI is InChI=1S/C10H16N4O3/c1-13-4-5-14(6-7(13)15)9(16)10(2-3-10)8(11)12-17/h17H,2-6H2,1H3,(H2,11,12). The molecule has 2 rings (SSSR count). The molecule has 0 atom stereocenters. The molecule has 0 aromatic heterocycles. The summed E-state index contributed by atoms with van der Waals surface area (Å²) in [7, 11) is 1.71. The van der Waals surface area contributed by atoms with Crippen LogP contribution in [0.5, 0.6) is 0 Å². The van der Waals surface area contributed by atoms with Gasteiger partial charge in [-0.05, 0) is 12.8 Å². The highest BCUT2D eigenvalue weighted by atomic mass is 16.4. The van der Waals surface area contributed by atoms with Crippen molar-refractivity contribution in [2.75, 3.05) is 26.7 Å². The lowest BCUT2D eigenvalue weighted by atomic mass is 10.0. The molecule has 0 bridgehead atoms. The van der Waals surface area contributed by atoms with E-state index >= 15 is 0 Å². The number of nitrogens with two attached hydrogens (primary N) is 1. The molecule has 3 N–H and O–H groups in total. The summed E-state index contributed by atoms with van der Waals surface area (Å²) in [4.78, 5) is 26.8. The third kappa shape index (κ3) is 1.81. The van der Waals surface area contributed by atoms with Crippen LogP contribution >= 0.6 is 0 Å². The molecule has 94 valence electrons. The van der Waals surface area contributed by atoms with Crippen LogP contribution in [0.25, 0.3) is 0 Å². The van der Waals surface area contributed by atoms with E-state index in [-0.39, 0.29) is 24.2 Å². The number of hydrogen-bond donors (Lipinski definition) is 2. The number of amides is 2. The molecular formula is C10H16N4O3. The summed E-state index contributed by atoms with van der Waals surface area (Å²) in [6, 6.07) is 0. The first kappa shape index (κ1) is 11.7. The molecule has 0 aromatic carbocycles. The molecule has 0 radical (unpaired) electrons. The van der Waals surface area contributed by atoms with E-state index in [0.717, 1.165) is 0 Å². The molecule has 2 amide bonds. The van der Waals surface area contributed by atoms with E-state index in [9.17, 15) is 9.59 Å². The monoisotopic (exact) mass is 240 g/mol. The lowest BCUT2D eigenvalue weighted by Crippen LogP contribution is -2.54. The van der Waals surface area contributed by atoms with Crippen LogP contribution in [-0.4, -0.2) is 59.3 Å². The summed E-state index contributed by atoms with van der Waals surface area (Å²) < 4.78 is 0. The predicted octanol–water partition coefficient (Wildman–Crippen LogP) is -1.19. The number of oxime groups is 1. The molecule has 1 aliphatic carbocycles. The summed E-state index contributed by atoms with van der Waals surface area (Å²) in [6.45, 7) is 1.11. The second-order valence-corrected chi connectivity index (χ2v) is 4.61. The second kappa shape index (κ2) is 3.90. The average molecular weight is 240 g/mol. The second-order valence-electron chi connectivity index (χ2n) is 4.61. The number of hydrogen-bond acceptors (Lipinski definition) is 4. The highest BCUT2D eigenvalue weighted by molar-refractivity contribution is 6.10. The number of piperazine rings is 1. The molecule has 2 fully saturated rings. The van der Waals surface area contributed by atoms with E-state index in [1.165, 1.54) is 4.90 Å². The Bertz CT molecular complexity index is 389. The van der Waals surface area contributed by atoms with Gasteiger partial charge in [0, 0.05) is 20.1 Å². The van der Waals surface area contributed by atoms with Crippen molar-refractivity contribution in [3.05, 3.63) is 0 Å². The fraction of sp³-hybridized carbons (Fsp3) is 0.700. The molecule has 17 heavy (non-hydrogen) atoms. The Hall–Kier alpha value is -1.79. The minimum Gasteiger partial charge on any atom is -0.409 e. The van der Waals surface area contributed by atoms with E-state index < -0.39 is 5.41 Å². The highest BCUT2D eigenvalue weighted by Crippen LogP contribution is 2.47. The van der Waals surface area contributed by atoms with Crippen LogP contribution in [0.3, 0.4) is 0 Å². The fourth-order valence-electron chi connectivity index (χ4n) is 2.03. The van der Waals surface area contributed by atoms with Crippen LogP contribution < -0.4 is 5.73 Å². The summed E-state index contributed by atoms with van der Waals surface area (Å²) in [5.41, 5.74) is 4.68. The maximum absolute atomic E-state index is 12.2. The first-order chi connectivity index (χ1) is 8.01. The van der Waals surface area contributed by atoms with Crippen molar-refractivity contribution in [2.24, 2.45) is 16.3 Å². The van der Waals surface area contributed by atoms with Gasteiger partial charge in [-0.2, -0.15) is 0 Å². The Morgan fingerprint density at radius 2 is 2.12 bits per heavy atom. The van der Waals surface area contributed by atoms with Gasteiger partial charge in [-0.1, -0.05) is 5.16 Å². The molecule has 0 spiro atoms. The zero-order valence-electron chi connectivity index (χ0n) is 9.72. The van der Waals surface area contributed by atoms with Gasteiger partial charge in [-0.25, -0.2) is 0 Å². The molecule has 1 heterocycles. The van der Waals surface area contributed by atoms with E-state index in [2.05, 4.69) is 5.16 Å². The van der Waals surface area contributed by atoms with Gasteiger partial charge in [-0.15, -0.1) is 0 Å². The number of rotatable bonds is 2. The lowest BCUT2D eigenvalue weighted by Gasteiger charge is -2.34. The number of likely N-dealkylation sites (N-methyl/N-ethyl adjacent to an activating group) is 1. The Morgan fingerprint density at radius 3 is 2.59 bits per heavy atom. The molecule has 7 nitrogen and oxygen atoms in total. The predicted molar refractivity (Wildman–Crippen MR) is 59.3 cm³/mol. The maximum Gasteiger partial charge on any atom is 0.241 e. The SMILES string of the molecule is CN1CCN(C(=O)C2(C(N)=NO)CC2)CC1=O. The zero-order valence-corrected chi connectivity index (χ0v) is 9.72. The minimum absolute atomic E-state index is 0.0473. The Balaban J connectivity index is 2.09. The Kier molecular flexibility index (Phi) is 2.68. The molecule has 1 saturated heterocycles. The van der Waals surface area contributed by atoms with E-state index in [1.807, 2.05) is 0 Å². The smallest absolute Gasteiger partial charge is 0.241 e. The van der Waals surface area contributed by atoms with E-state index in [0.29, 0.717) is 25.9 Å². The van der Waals surface area contributed by atoms with Crippen LogP contribution in [0.1, 0.15) is 12.8 Å². The largest absolute Gasteiger partial charge is 0.409 e. The first-order valence-corrected chi connectivity index (χ1v) is 5.52. The minimum atomic E-state index is -0.856. The van der Waals surface area contributed by atoms with Gasteiger partial charge < -0.3 is 20.7 Å². The molecular weight excluding hydrogens is 224 g/mol. The topological polar surface area (TPSA) is 99.2 Å². The van der Waals surface area contributed by atoms with Gasteiger partial charge >= 0.3 is 0 Å². The van der Waals surface area contributed by atoms with Crippen LogP contribution in [0.4, 0.5) is 0 Å². The van der Waals surface area contributed by atoms with Crippen molar-refractivity contribution in [1.82, 2.24) is 9.80 Å². The molecule has 0 unspecified atom stereocenters. The van der Waals surface area contributed by atoms with Gasteiger partial charge in [0.2, 0.25) is 11.8 Å². The zero-order chi connectivity index (χ0) is 12.6. The van der Waals surface area contributed by atoms with Crippen molar-refractivity contribution in [2.45, 2.75) is 12.8 Å². The van der Waals surface area contributed by atoms with Crippen LogP contribution in [0.15, 0.2) is 5.16 Å². The highest BCUT2D eigenvalue weighted by Gasteiger charge is 2.56. The summed E-state index contributed by atoms with van der Waals surface area (Å²) in [6.07, 6.45) is 1.17.